The highest BCUT2D eigenvalue weighted by Crippen LogP contribution is 2.66. The van der Waals surface area contributed by atoms with Crippen LogP contribution < -0.4 is 15.4 Å². The number of carbonyl (C=O) groups excluding carboxylic acids is 2. The van der Waals surface area contributed by atoms with Crippen molar-refractivity contribution in [3.63, 3.8) is 0 Å². The van der Waals surface area contributed by atoms with Gasteiger partial charge >= 0.3 is 0 Å². The van der Waals surface area contributed by atoms with Crippen LogP contribution in [0.1, 0.15) is 106 Å². The van der Waals surface area contributed by atoms with Crippen LogP contribution in [-0.2, 0) is 11.3 Å². The number of hydrogen-bond donors (Lipinski definition) is 2. The van der Waals surface area contributed by atoms with Crippen LogP contribution in [0.5, 0.6) is 5.75 Å². The van der Waals surface area contributed by atoms with Crippen molar-refractivity contribution in [2.24, 2.45) is 5.41 Å². The smallest absolute Gasteiger partial charge is 0.251 e. The predicted octanol–water partition coefficient (Wildman–Crippen LogP) is 6.84. The molecule has 2 N–H and O–H groups in total. The molecule has 3 heterocycles. The van der Waals surface area contributed by atoms with E-state index in [1.807, 2.05) is 13.1 Å². The lowest BCUT2D eigenvalue weighted by molar-refractivity contribution is -0.151. The Hall–Kier alpha value is -3.32. The van der Waals surface area contributed by atoms with Gasteiger partial charge in [-0.25, -0.2) is 0 Å². The summed E-state index contributed by atoms with van der Waals surface area (Å²) in [5.74, 6) is 1.57. The minimum Gasteiger partial charge on any atom is -0.497 e. The molecule has 0 spiro atoms. The summed E-state index contributed by atoms with van der Waals surface area (Å²) in [5.41, 5.74) is 6.25. The third kappa shape index (κ3) is 4.83. The molecule has 1 aliphatic carbocycles. The van der Waals surface area contributed by atoms with Crippen molar-refractivity contribution >= 4 is 22.7 Å². The van der Waals surface area contributed by atoms with Gasteiger partial charge in [0.05, 0.1) is 18.2 Å². The molecule has 2 aromatic carbocycles. The second kappa shape index (κ2) is 11.9. The number of aromatic nitrogens is 1. The van der Waals surface area contributed by atoms with Crippen molar-refractivity contribution in [3.8, 4) is 17.0 Å². The number of carbonyl (C=O) groups is 2. The molecule has 0 bridgehead atoms. The topological polar surface area (TPSA) is 75.6 Å². The second-order valence-electron chi connectivity index (χ2n) is 13.7. The molecule has 3 aliphatic rings. The molecule has 0 radical (unpaired) electrons. The average molecular weight is 599 g/mol. The number of nitrogens with zero attached hydrogens (tertiary/aromatic N) is 2. The molecule has 1 saturated heterocycles. The highest BCUT2D eigenvalue weighted by atomic mass is 16.5. The Morgan fingerprint density at radius 3 is 2.48 bits per heavy atom. The molecule has 2 fully saturated rings. The van der Waals surface area contributed by atoms with Gasteiger partial charge in [0.15, 0.2) is 0 Å². The maximum atomic E-state index is 14.9. The van der Waals surface area contributed by atoms with Gasteiger partial charge in [0.2, 0.25) is 5.91 Å². The molecule has 7 nitrogen and oxygen atoms in total. The molecule has 2 aliphatic heterocycles. The third-order valence-electron chi connectivity index (χ3n) is 10.9. The Morgan fingerprint density at radius 1 is 1.09 bits per heavy atom. The summed E-state index contributed by atoms with van der Waals surface area (Å²) >= 11 is 0. The highest BCUT2D eigenvalue weighted by molar-refractivity contribution is 6.02. The van der Waals surface area contributed by atoms with Crippen molar-refractivity contribution < 1.29 is 14.3 Å². The summed E-state index contributed by atoms with van der Waals surface area (Å²) in [6.45, 7) is 9.56. The maximum absolute atomic E-state index is 14.9. The van der Waals surface area contributed by atoms with Gasteiger partial charge in [-0.3, -0.25) is 9.59 Å². The molecule has 7 heteroatoms. The first-order chi connectivity index (χ1) is 21.2. The number of fused-ring (bicyclic) bond motifs is 7. The number of amides is 2. The molecule has 5 atom stereocenters. The van der Waals surface area contributed by atoms with E-state index in [1.54, 1.807) is 14.2 Å². The molecular formula is C37H50N4O3. The monoisotopic (exact) mass is 598 g/mol. The van der Waals surface area contributed by atoms with Gasteiger partial charge in [0, 0.05) is 59.7 Å². The fraction of sp³-hybridized carbons (Fsp3) is 0.568. The zero-order valence-electron chi connectivity index (χ0n) is 27.6. The van der Waals surface area contributed by atoms with Crippen LogP contribution >= 0.6 is 0 Å². The minimum absolute atomic E-state index is 0.0904. The van der Waals surface area contributed by atoms with E-state index in [4.69, 9.17) is 4.74 Å². The molecule has 1 saturated carbocycles. The number of likely N-dealkylation sites (tertiary alicyclic amines) is 1. The number of methoxy groups -OCH3 is 1. The van der Waals surface area contributed by atoms with E-state index in [9.17, 15) is 9.59 Å². The third-order valence-corrected chi connectivity index (χ3v) is 10.9. The molecule has 2 amide bonds. The van der Waals surface area contributed by atoms with Crippen LogP contribution in [0.15, 0.2) is 36.4 Å². The quantitative estimate of drug-likeness (QED) is 0.254. The van der Waals surface area contributed by atoms with Crippen LogP contribution in [0.2, 0.25) is 0 Å². The Balaban J connectivity index is 1.58. The summed E-state index contributed by atoms with van der Waals surface area (Å²) in [6, 6.07) is 13.5. The van der Waals surface area contributed by atoms with Gasteiger partial charge in [-0.2, -0.15) is 0 Å². The van der Waals surface area contributed by atoms with Crippen molar-refractivity contribution in [2.45, 2.75) is 109 Å². The molecule has 6 rings (SSSR count). The largest absolute Gasteiger partial charge is 0.497 e. The fourth-order valence-electron chi connectivity index (χ4n) is 8.51. The predicted molar refractivity (Wildman–Crippen MR) is 178 cm³/mol. The summed E-state index contributed by atoms with van der Waals surface area (Å²) in [6.07, 6.45) is 7.26. The van der Waals surface area contributed by atoms with Crippen molar-refractivity contribution in [2.75, 3.05) is 21.2 Å². The average Bonchev–Trinajstić information content (AvgIpc) is 3.70. The first kappa shape index (κ1) is 30.7. The van der Waals surface area contributed by atoms with E-state index in [-0.39, 0.29) is 23.9 Å². The zero-order chi connectivity index (χ0) is 31.3. The lowest BCUT2D eigenvalue weighted by Gasteiger charge is -2.50. The SMILES string of the molecule is CCCC(CCC)c1c2n(c3cc(C(=O)NC)ccc13)CC1(C(=O)N3C(C)CC3CC(C)NC)CC1c1cc(OC)ccc1-2. The molecular weight excluding hydrogens is 548 g/mol. The van der Waals surface area contributed by atoms with Crippen molar-refractivity contribution in [1.29, 1.82) is 0 Å². The normalized spacial score (nSPS) is 24.2. The van der Waals surface area contributed by atoms with Gasteiger partial charge < -0.3 is 24.8 Å². The number of ether oxygens (including phenoxy) is 1. The van der Waals surface area contributed by atoms with Crippen molar-refractivity contribution in [1.82, 2.24) is 20.1 Å². The van der Waals surface area contributed by atoms with Gasteiger partial charge in [0.25, 0.3) is 5.91 Å². The van der Waals surface area contributed by atoms with E-state index in [1.165, 1.54) is 27.8 Å². The van der Waals surface area contributed by atoms with Gasteiger partial charge in [0.1, 0.15) is 5.75 Å². The zero-order valence-corrected chi connectivity index (χ0v) is 27.6. The summed E-state index contributed by atoms with van der Waals surface area (Å²) in [5, 5.41) is 7.39. The van der Waals surface area contributed by atoms with E-state index in [0.29, 0.717) is 30.0 Å². The van der Waals surface area contributed by atoms with Crippen LogP contribution in [0, 0.1) is 5.41 Å². The van der Waals surface area contributed by atoms with E-state index in [2.05, 4.69) is 78.1 Å². The van der Waals surface area contributed by atoms with Gasteiger partial charge in [-0.1, -0.05) is 32.8 Å². The van der Waals surface area contributed by atoms with Crippen molar-refractivity contribution in [3.05, 3.63) is 53.1 Å². The number of rotatable bonds is 11. The van der Waals surface area contributed by atoms with Crippen LogP contribution in [0.4, 0.5) is 0 Å². The van der Waals surface area contributed by atoms with Crippen LogP contribution in [0.3, 0.4) is 0 Å². The Labute approximate surface area is 262 Å². The lowest BCUT2D eigenvalue weighted by atomic mass is 9.84. The molecule has 236 valence electrons. The van der Waals surface area contributed by atoms with E-state index in [0.717, 1.165) is 56.2 Å². The van der Waals surface area contributed by atoms with E-state index >= 15 is 0 Å². The first-order valence-corrected chi connectivity index (χ1v) is 16.8. The molecule has 44 heavy (non-hydrogen) atoms. The number of nitrogens with one attached hydrogen (secondary N) is 2. The second-order valence-corrected chi connectivity index (χ2v) is 13.7. The first-order valence-electron chi connectivity index (χ1n) is 16.8. The summed E-state index contributed by atoms with van der Waals surface area (Å²) in [7, 11) is 5.40. The summed E-state index contributed by atoms with van der Waals surface area (Å²) in [4.78, 5) is 29.9. The molecule has 1 aromatic heterocycles. The van der Waals surface area contributed by atoms with Crippen LogP contribution in [-0.4, -0.2) is 60.6 Å². The maximum Gasteiger partial charge on any atom is 0.251 e. The molecule has 5 unspecified atom stereocenters. The highest BCUT2D eigenvalue weighted by Gasteiger charge is 2.65. The minimum atomic E-state index is -0.514. The standard InChI is InChI=1S/C37H50N4O3/c1-8-10-24(11-9-2)33-29-14-12-25(35(42)39-6)18-32(29)40-21-37(36(43)41-23(4)17-26(41)16-22(3)38-5)20-31(37)30-19-27(44-7)13-15-28(30)34(33)40/h12-15,18-19,22-24,26,31,38H,8-11,16-17,20-21H2,1-7H3,(H,39,42). The fourth-order valence-corrected chi connectivity index (χ4v) is 8.51. The van der Waals surface area contributed by atoms with Crippen LogP contribution in [0.25, 0.3) is 22.2 Å². The Bertz CT molecular complexity index is 1570. The van der Waals surface area contributed by atoms with Gasteiger partial charge in [-0.15, -0.1) is 0 Å². The lowest BCUT2D eigenvalue weighted by Crippen LogP contribution is -2.61. The van der Waals surface area contributed by atoms with Gasteiger partial charge in [-0.05, 0) is 100 Å². The Kier molecular flexibility index (Phi) is 8.29. The number of benzene rings is 2. The Morgan fingerprint density at radius 2 is 1.84 bits per heavy atom. The number of hydrogen-bond acceptors (Lipinski definition) is 4. The summed E-state index contributed by atoms with van der Waals surface area (Å²) < 4.78 is 8.19. The van der Waals surface area contributed by atoms with E-state index < -0.39 is 5.41 Å². The molecule has 3 aromatic rings.